The molecule has 3 aliphatic rings. The quantitative estimate of drug-likeness (QED) is 0.373. The van der Waals surface area contributed by atoms with Gasteiger partial charge in [0.15, 0.2) is 11.4 Å². The van der Waals surface area contributed by atoms with Gasteiger partial charge in [-0.2, -0.15) is 0 Å². The molecule has 6 N–H and O–H groups in total. The molecule has 1 aromatic carbocycles. The van der Waals surface area contributed by atoms with Crippen LogP contribution in [0.2, 0.25) is 5.02 Å². The minimum absolute atomic E-state index is 0.00154. The average Bonchev–Trinajstić information content (AvgIpc) is 2.82. The highest BCUT2D eigenvalue weighted by molar-refractivity contribution is 6.33. The molecule has 0 unspecified atom stereocenters. The first-order valence-corrected chi connectivity index (χ1v) is 11.9. The lowest BCUT2D eigenvalue weighted by Gasteiger charge is -2.50. The number of carbonyl (C=O) groups is 3. The minimum atomic E-state index is -2.67. The summed E-state index contributed by atoms with van der Waals surface area (Å²) in [4.78, 5) is 44.5. The van der Waals surface area contributed by atoms with Gasteiger partial charge in [-0.3, -0.25) is 24.3 Å². The van der Waals surface area contributed by atoms with Crippen LogP contribution < -0.4 is 5.73 Å². The fourth-order valence-corrected chi connectivity index (χ4v) is 6.31. The number of carbonyl (C=O) groups excluding carboxylic acids is 3. The maximum absolute atomic E-state index is 13.9. The van der Waals surface area contributed by atoms with Gasteiger partial charge in [-0.15, -0.1) is 0 Å². The van der Waals surface area contributed by atoms with Crippen LogP contribution in [0, 0.1) is 11.8 Å². The number of fused-ring (bicyclic) bond motifs is 3. The van der Waals surface area contributed by atoms with Crippen LogP contribution in [0.4, 0.5) is 0 Å². The molecule has 4 atom stereocenters. The Hall–Kier alpha value is -3.73. The first-order valence-electron chi connectivity index (χ1n) is 11.5. The predicted molar refractivity (Wildman–Crippen MR) is 132 cm³/mol. The number of benzene rings is 1. The number of pyridine rings is 1. The zero-order valence-corrected chi connectivity index (χ0v) is 20.7. The third-order valence-corrected chi connectivity index (χ3v) is 7.97. The number of aromatic nitrogens is 1. The van der Waals surface area contributed by atoms with Crippen molar-refractivity contribution in [2.45, 2.75) is 24.5 Å². The van der Waals surface area contributed by atoms with E-state index in [1.807, 2.05) is 0 Å². The summed E-state index contributed by atoms with van der Waals surface area (Å²) in [5, 5.41) is 44.9. The normalized spacial score (nSPS) is 27.2. The van der Waals surface area contributed by atoms with Crippen molar-refractivity contribution in [3.8, 4) is 16.9 Å². The number of ketones is 2. The zero-order chi connectivity index (χ0) is 27.0. The highest BCUT2D eigenvalue weighted by Gasteiger charge is 2.64. The Labute approximate surface area is 216 Å². The van der Waals surface area contributed by atoms with E-state index in [4.69, 9.17) is 17.3 Å². The molecule has 0 spiro atoms. The number of hydrogen-bond donors (Lipinski definition) is 5. The molecule has 5 rings (SSSR count). The molecule has 0 bridgehead atoms. The molecule has 1 saturated carbocycles. The van der Waals surface area contributed by atoms with Gasteiger partial charge in [0.25, 0.3) is 5.91 Å². The third-order valence-electron chi connectivity index (χ3n) is 7.67. The number of aliphatic hydroxyl groups excluding tert-OH is 2. The Morgan fingerprint density at radius 2 is 1.86 bits per heavy atom. The molecule has 2 aromatic rings. The minimum Gasteiger partial charge on any atom is -0.508 e. The number of phenols is 1. The van der Waals surface area contributed by atoms with Gasteiger partial charge in [0.05, 0.1) is 16.6 Å². The Morgan fingerprint density at radius 1 is 1.16 bits per heavy atom. The Kier molecular flexibility index (Phi) is 5.67. The van der Waals surface area contributed by atoms with Gasteiger partial charge in [-0.25, -0.2) is 0 Å². The van der Waals surface area contributed by atoms with E-state index in [9.17, 15) is 34.8 Å². The van der Waals surface area contributed by atoms with E-state index in [0.29, 0.717) is 21.7 Å². The Balaban J connectivity index is 1.76. The lowest BCUT2D eigenvalue weighted by Crippen LogP contribution is -2.65. The molecule has 1 heterocycles. The highest BCUT2D eigenvalue weighted by Crippen LogP contribution is 2.53. The smallest absolute Gasteiger partial charge is 0.255 e. The van der Waals surface area contributed by atoms with E-state index < -0.39 is 58.0 Å². The molecule has 11 heteroatoms. The highest BCUT2D eigenvalue weighted by atomic mass is 35.5. The van der Waals surface area contributed by atoms with Gasteiger partial charge in [-0.1, -0.05) is 17.7 Å². The molecule has 3 aliphatic carbocycles. The Morgan fingerprint density at radius 3 is 2.49 bits per heavy atom. The lowest BCUT2D eigenvalue weighted by atomic mass is 9.57. The zero-order valence-electron chi connectivity index (χ0n) is 19.9. The largest absolute Gasteiger partial charge is 0.508 e. The van der Waals surface area contributed by atoms with Gasteiger partial charge < -0.3 is 26.2 Å². The fourth-order valence-electron chi connectivity index (χ4n) is 6.09. The van der Waals surface area contributed by atoms with Crippen LogP contribution in [0.3, 0.4) is 0 Å². The van der Waals surface area contributed by atoms with Gasteiger partial charge in [-0.05, 0) is 56.1 Å². The van der Waals surface area contributed by atoms with Gasteiger partial charge in [0.2, 0.25) is 5.78 Å². The van der Waals surface area contributed by atoms with E-state index in [1.54, 1.807) is 32.4 Å². The van der Waals surface area contributed by atoms with Crippen LogP contribution in [-0.4, -0.2) is 73.5 Å². The molecule has 0 aliphatic heterocycles. The van der Waals surface area contributed by atoms with E-state index in [0.717, 1.165) is 0 Å². The standard InChI is InChI=1S/C26H24ClN3O7/c1-30(2)20-14-8-10-7-13-11(12-5-6-29-9-15(12)27)3-4-16(31)18(13)21(32)17(10)23(34)26(14,37)24(35)19(22(20)33)25(28)36/h3-6,9-10,14,20,31-32,35,37H,7-8H2,1-2H3,(H2,28,36)/t10-,14-,20-,26-/m1/s1. The summed E-state index contributed by atoms with van der Waals surface area (Å²) in [5.74, 6) is -6.92. The van der Waals surface area contributed by atoms with Crippen molar-refractivity contribution in [1.29, 1.82) is 0 Å². The van der Waals surface area contributed by atoms with Crippen molar-refractivity contribution in [2.24, 2.45) is 17.6 Å². The van der Waals surface area contributed by atoms with Crippen LogP contribution in [0.5, 0.6) is 5.75 Å². The van der Waals surface area contributed by atoms with Crippen LogP contribution >= 0.6 is 11.6 Å². The molecule has 0 saturated heterocycles. The number of nitrogens with zero attached hydrogens (tertiary/aromatic N) is 2. The third kappa shape index (κ3) is 3.33. The summed E-state index contributed by atoms with van der Waals surface area (Å²) in [6, 6.07) is 3.55. The molecule has 192 valence electrons. The molecule has 10 nitrogen and oxygen atoms in total. The van der Waals surface area contributed by atoms with Crippen molar-refractivity contribution < 1.29 is 34.8 Å². The second kappa shape index (κ2) is 8.41. The summed E-state index contributed by atoms with van der Waals surface area (Å²) < 4.78 is 0. The van der Waals surface area contributed by atoms with Gasteiger partial charge in [0.1, 0.15) is 22.8 Å². The van der Waals surface area contributed by atoms with E-state index in [-0.39, 0.29) is 29.7 Å². The maximum atomic E-state index is 13.9. The van der Waals surface area contributed by atoms with Crippen molar-refractivity contribution in [3.05, 3.63) is 63.6 Å². The number of likely N-dealkylation sites (N-methyl/N-ethyl adjacent to an activating group) is 1. The molecular formula is C26H24ClN3O7. The number of aliphatic hydroxyl groups is 3. The number of Topliss-reactive ketones (excluding diaryl/α,β-unsaturated/α-hetero) is 2. The maximum Gasteiger partial charge on any atom is 0.255 e. The van der Waals surface area contributed by atoms with Crippen molar-refractivity contribution in [3.63, 3.8) is 0 Å². The van der Waals surface area contributed by atoms with Crippen molar-refractivity contribution in [2.75, 3.05) is 14.1 Å². The van der Waals surface area contributed by atoms with Gasteiger partial charge >= 0.3 is 0 Å². The number of halogens is 1. The number of primary amides is 1. The first kappa shape index (κ1) is 24.9. The second-order valence-electron chi connectivity index (χ2n) is 9.80. The Bertz CT molecular complexity index is 1460. The predicted octanol–water partition coefficient (Wildman–Crippen LogP) is 1.68. The van der Waals surface area contributed by atoms with Gasteiger partial charge in [0, 0.05) is 29.4 Å². The van der Waals surface area contributed by atoms with Crippen LogP contribution in [-0.2, 0) is 20.8 Å². The van der Waals surface area contributed by atoms with Crippen LogP contribution in [0.1, 0.15) is 17.5 Å². The number of rotatable bonds is 3. The summed E-state index contributed by atoms with van der Waals surface area (Å²) in [6.07, 6.45) is 3.18. The van der Waals surface area contributed by atoms with E-state index in [1.165, 1.54) is 17.2 Å². The second-order valence-corrected chi connectivity index (χ2v) is 10.2. The topological polar surface area (TPSA) is 174 Å². The average molecular weight is 526 g/mol. The molecule has 0 radical (unpaired) electrons. The molecule has 1 amide bonds. The molecular weight excluding hydrogens is 502 g/mol. The lowest BCUT2D eigenvalue weighted by molar-refractivity contribution is -0.153. The van der Waals surface area contributed by atoms with E-state index >= 15 is 0 Å². The molecule has 1 aromatic heterocycles. The summed E-state index contributed by atoms with van der Waals surface area (Å²) in [7, 11) is 3.10. The van der Waals surface area contributed by atoms with Crippen molar-refractivity contribution >= 4 is 34.8 Å². The van der Waals surface area contributed by atoms with Crippen LogP contribution in [0.25, 0.3) is 16.9 Å². The van der Waals surface area contributed by atoms with Crippen LogP contribution in [0.15, 0.2) is 47.5 Å². The fraction of sp³-hybridized carbons (Fsp3) is 0.308. The number of nitrogens with two attached hydrogens (primary N) is 1. The van der Waals surface area contributed by atoms with Crippen molar-refractivity contribution in [1.82, 2.24) is 9.88 Å². The first-order chi connectivity index (χ1) is 17.4. The summed E-state index contributed by atoms with van der Waals surface area (Å²) in [6.45, 7) is 0. The molecule has 1 fully saturated rings. The number of hydrogen-bond acceptors (Lipinski definition) is 9. The van der Waals surface area contributed by atoms with E-state index in [2.05, 4.69) is 4.98 Å². The number of aromatic hydroxyl groups is 1. The summed E-state index contributed by atoms with van der Waals surface area (Å²) >= 11 is 6.37. The number of phenolic OH excluding ortho intramolecular Hbond substituents is 1. The number of amides is 1. The monoisotopic (exact) mass is 525 g/mol. The SMILES string of the molecule is CN(C)[C@H]1C(=O)C(C(N)=O)=C(O)[C@]2(O)C(=O)C3=C(O)c4c(O)ccc(-c5ccncc5Cl)c4C[C@@H]3C[C@H]12. The molecule has 37 heavy (non-hydrogen) atoms. The summed E-state index contributed by atoms with van der Waals surface area (Å²) in [5.41, 5.74) is 3.35.